The van der Waals surface area contributed by atoms with E-state index < -0.39 is 0 Å². The third-order valence-electron chi connectivity index (χ3n) is 4.64. The van der Waals surface area contributed by atoms with E-state index in [1.807, 2.05) is 30.3 Å². The van der Waals surface area contributed by atoms with Gasteiger partial charge in [0.1, 0.15) is 11.5 Å². The van der Waals surface area contributed by atoms with Crippen LogP contribution in [0.1, 0.15) is 13.3 Å². The maximum atomic E-state index is 5.78. The number of nitrogens with zero attached hydrogens (tertiary/aromatic N) is 5. The summed E-state index contributed by atoms with van der Waals surface area (Å²) in [6.45, 7) is 7.86. The van der Waals surface area contributed by atoms with Gasteiger partial charge in [0.25, 0.3) is 0 Å². The van der Waals surface area contributed by atoms with Crippen molar-refractivity contribution in [2.24, 2.45) is 4.99 Å². The minimum Gasteiger partial charge on any atom is -0.497 e. The van der Waals surface area contributed by atoms with Crippen molar-refractivity contribution >= 4 is 11.9 Å². The quantitative estimate of drug-likeness (QED) is 0.414. The topological polar surface area (TPSA) is 75.1 Å². The molecule has 0 amide bonds. The standard InChI is InChI=1S/C21H30N6O2/c1-3-22-20(25-12-5-17-29-19-8-6-18(28-2)7-9-19)26-13-15-27(16-14-26)21-23-10-4-11-24-21/h4,6-11H,3,5,12-17H2,1-2H3,(H,22,25). The summed E-state index contributed by atoms with van der Waals surface area (Å²) in [5.41, 5.74) is 0. The lowest BCUT2D eigenvalue weighted by Gasteiger charge is -2.36. The van der Waals surface area contributed by atoms with Crippen LogP contribution in [-0.2, 0) is 0 Å². The summed E-state index contributed by atoms with van der Waals surface area (Å²) >= 11 is 0. The number of methoxy groups -OCH3 is 1. The first-order valence-corrected chi connectivity index (χ1v) is 10.1. The first-order valence-electron chi connectivity index (χ1n) is 10.1. The number of piperazine rings is 1. The van der Waals surface area contributed by atoms with Crippen LogP contribution in [0.4, 0.5) is 5.95 Å². The molecule has 8 heteroatoms. The number of nitrogens with one attached hydrogen (secondary N) is 1. The zero-order valence-electron chi connectivity index (χ0n) is 17.3. The number of ether oxygens (including phenoxy) is 2. The highest BCUT2D eigenvalue weighted by atomic mass is 16.5. The number of hydrogen-bond donors (Lipinski definition) is 1. The van der Waals surface area contributed by atoms with E-state index in [2.05, 4.69) is 32.0 Å². The Bertz CT molecular complexity index is 746. The SMILES string of the molecule is CCNC(=NCCCOc1ccc(OC)cc1)N1CCN(c2ncccn2)CC1. The van der Waals surface area contributed by atoms with Gasteiger partial charge in [-0.3, -0.25) is 4.99 Å². The molecule has 8 nitrogen and oxygen atoms in total. The predicted molar refractivity (Wildman–Crippen MR) is 115 cm³/mol. The second-order valence-corrected chi connectivity index (χ2v) is 6.64. The average molecular weight is 399 g/mol. The van der Waals surface area contributed by atoms with Crippen LogP contribution >= 0.6 is 0 Å². The molecule has 29 heavy (non-hydrogen) atoms. The molecule has 1 aliphatic rings. The molecule has 2 heterocycles. The van der Waals surface area contributed by atoms with Gasteiger partial charge in [0.2, 0.25) is 5.95 Å². The molecular weight excluding hydrogens is 368 g/mol. The van der Waals surface area contributed by atoms with Crippen LogP contribution in [0.2, 0.25) is 0 Å². The van der Waals surface area contributed by atoms with Gasteiger partial charge in [-0.05, 0) is 37.3 Å². The van der Waals surface area contributed by atoms with Gasteiger partial charge < -0.3 is 24.6 Å². The normalized spacial score (nSPS) is 14.6. The molecular formula is C21H30N6O2. The minimum atomic E-state index is 0.633. The number of benzene rings is 1. The molecule has 0 atom stereocenters. The van der Waals surface area contributed by atoms with E-state index in [0.717, 1.165) is 69.1 Å². The Morgan fingerprint density at radius 2 is 1.76 bits per heavy atom. The lowest BCUT2D eigenvalue weighted by molar-refractivity contribution is 0.312. The molecule has 1 fully saturated rings. The maximum Gasteiger partial charge on any atom is 0.225 e. The van der Waals surface area contributed by atoms with Gasteiger partial charge in [0.15, 0.2) is 5.96 Å². The van der Waals surface area contributed by atoms with Crippen molar-refractivity contribution in [2.45, 2.75) is 13.3 Å². The van der Waals surface area contributed by atoms with Gasteiger partial charge in [-0.2, -0.15) is 0 Å². The number of anilines is 1. The van der Waals surface area contributed by atoms with E-state index in [9.17, 15) is 0 Å². The number of rotatable bonds is 8. The van der Waals surface area contributed by atoms with Crippen LogP contribution < -0.4 is 19.7 Å². The molecule has 1 aromatic carbocycles. The van der Waals surface area contributed by atoms with Gasteiger partial charge in [0.05, 0.1) is 13.7 Å². The molecule has 1 aliphatic heterocycles. The van der Waals surface area contributed by atoms with Crippen molar-refractivity contribution in [1.82, 2.24) is 20.2 Å². The molecule has 0 bridgehead atoms. The second-order valence-electron chi connectivity index (χ2n) is 6.64. The van der Waals surface area contributed by atoms with Crippen LogP contribution in [0.25, 0.3) is 0 Å². The zero-order chi connectivity index (χ0) is 20.3. The highest BCUT2D eigenvalue weighted by molar-refractivity contribution is 5.80. The number of aromatic nitrogens is 2. The average Bonchev–Trinajstić information content (AvgIpc) is 2.79. The van der Waals surface area contributed by atoms with E-state index in [1.165, 1.54) is 0 Å². The summed E-state index contributed by atoms with van der Waals surface area (Å²) in [5.74, 6) is 3.44. The lowest BCUT2D eigenvalue weighted by Crippen LogP contribution is -2.53. The number of aliphatic imine (C=N–C) groups is 1. The lowest BCUT2D eigenvalue weighted by atomic mass is 10.3. The molecule has 1 saturated heterocycles. The van der Waals surface area contributed by atoms with E-state index >= 15 is 0 Å². The fourth-order valence-corrected chi connectivity index (χ4v) is 3.11. The Hall–Kier alpha value is -3.03. The van der Waals surface area contributed by atoms with E-state index in [0.29, 0.717) is 6.61 Å². The van der Waals surface area contributed by atoms with Crippen LogP contribution in [-0.4, -0.2) is 73.8 Å². The van der Waals surface area contributed by atoms with Crippen LogP contribution in [0.5, 0.6) is 11.5 Å². The third kappa shape index (κ3) is 6.23. The van der Waals surface area contributed by atoms with Crippen LogP contribution in [0, 0.1) is 0 Å². The van der Waals surface area contributed by atoms with Crippen molar-refractivity contribution in [3.8, 4) is 11.5 Å². The largest absolute Gasteiger partial charge is 0.497 e. The minimum absolute atomic E-state index is 0.633. The molecule has 0 saturated carbocycles. The molecule has 1 N–H and O–H groups in total. The first kappa shape index (κ1) is 20.7. The molecule has 2 aromatic rings. The van der Waals surface area contributed by atoms with Crippen molar-refractivity contribution in [1.29, 1.82) is 0 Å². The number of guanidine groups is 1. The van der Waals surface area contributed by atoms with Gasteiger partial charge in [-0.1, -0.05) is 0 Å². The van der Waals surface area contributed by atoms with E-state index in [-0.39, 0.29) is 0 Å². The van der Waals surface area contributed by atoms with Crippen molar-refractivity contribution in [2.75, 3.05) is 57.9 Å². The van der Waals surface area contributed by atoms with E-state index in [1.54, 1.807) is 19.5 Å². The summed E-state index contributed by atoms with van der Waals surface area (Å²) < 4.78 is 10.9. The molecule has 156 valence electrons. The summed E-state index contributed by atoms with van der Waals surface area (Å²) in [7, 11) is 1.66. The van der Waals surface area contributed by atoms with Gasteiger partial charge in [-0.25, -0.2) is 9.97 Å². The summed E-state index contributed by atoms with van der Waals surface area (Å²) in [4.78, 5) is 18.0. The monoisotopic (exact) mass is 398 g/mol. The fourth-order valence-electron chi connectivity index (χ4n) is 3.11. The maximum absolute atomic E-state index is 5.78. The van der Waals surface area contributed by atoms with E-state index in [4.69, 9.17) is 14.5 Å². The van der Waals surface area contributed by atoms with Crippen molar-refractivity contribution in [3.05, 3.63) is 42.7 Å². The van der Waals surface area contributed by atoms with Gasteiger partial charge in [0, 0.05) is 58.1 Å². The molecule has 0 radical (unpaired) electrons. The van der Waals surface area contributed by atoms with Crippen molar-refractivity contribution < 1.29 is 9.47 Å². The molecule has 0 spiro atoms. The molecule has 0 unspecified atom stereocenters. The molecule has 0 aliphatic carbocycles. The Kier molecular flexibility index (Phi) is 7.91. The Labute approximate surface area is 172 Å². The zero-order valence-corrected chi connectivity index (χ0v) is 17.3. The van der Waals surface area contributed by atoms with Crippen LogP contribution in [0.3, 0.4) is 0 Å². The summed E-state index contributed by atoms with van der Waals surface area (Å²) in [6.07, 6.45) is 4.43. The summed E-state index contributed by atoms with van der Waals surface area (Å²) in [6, 6.07) is 9.48. The molecule has 3 rings (SSSR count). The van der Waals surface area contributed by atoms with Gasteiger partial charge in [-0.15, -0.1) is 0 Å². The second kappa shape index (κ2) is 11.1. The Morgan fingerprint density at radius 3 is 2.41 bits per heavy atom. The highest BCUT2D eigenvalue weighted by Gasteiger charge is 2.20. The first-order chi connectivity index (χ1) is 14.3. The van der Waals surface area contributed by atoms with Gasteiger partial charge >= 0.3 is 0 Å². The highest BCUT2D eigenvalue weighted by Crippen LogP contribution is 2.17. The number of hydrogen-bond acceptors (Lipinski definition) is 6. The Balaban J connectivity index is 1.43. The third-order valence-corrected chi connectivity index (χ3v) is 4.64. The van der Waals surface area contributed by atoms with Crippen molar-refractivity contribution in [3.63, 3.8) is 0 Å². The van der Waals surface area contributed by atoms with Crippen LogP contribution in [0.15, 0.2) is 47.7 Å². The summed E-state index contributed by atoms with van der Waals surface area (Å²) in [5, 5.41) is 3.40. The molecule has 1 aromatic heterocycles. The fraction of sp³-hybridized carbons (Fsp3) is 0.476. The smallest absolute Gasteiger partial charge is 0.225 e. The Morgan fingerprint density at radius 1 is 1.07 bits per heavy atom. The predicted octanol–water partition coefficient (Wildman–Crippen LogP) is 2.04.